The lowest BCUT2D eigenvalue weighted by molar-refractivity contribution is -0.383. The summed E-state index contributed by atoms with van der Waals surface area (Å²) in [5.41, 5.74) is 0.123. The Labute approximate surface area is 116 Å². The lowest BCUT2D eigenvalue weighted by Crippen LogP contribution is -2.32. The molecular weight excluding hydrogens is 270 g/mol. The molecule has 0 bridgehead atoms. The maximum absolute atomic E-state index is 11.5. The minimum Gasteiger partial charge on any atom is -0.371 e. The molecule has 1 aromatic rings. The smallest absolute Gasteiger partial charge is 0.292 e. The number of nitrogens with one attached hydrogen (secondary N) is 2. The van der Waals surface area contributed by atoms with Gasteiger partial charge in [-0.15, -0.1) is 0 Å². The molecule has 0 heterocycles. The number of carbonyl (C=O) groups excluding carboxylic acids is 1. The van der Waals surface area contributed by atoms with Gasteiger partial charge in [-0.3, -0.25) is 14.9 Å². The number of carbonyl (C=O) groups is 1. The maximum Gasteiger partial charge on any atom is 0.292 e. The second kappa shape index (κ2) is 6.94. The van der Waals surface area contributed by atoms with Gasteiger partial charge in [0.15, 0.2) is 0 Å². The van der Waals surface area contributed by atoms with Crippen molar-refractivity contribution >= 4 is 28.9 Å². The molecular formula is C12H16ClN3O3. The Hall–Kier alpha value is -1.82. The van der Waals surface area contributed by atoms with E-state index in [2.05, 4.69) is 10.6 Å². The standard InChI is InChI=1S/C12H16ClN3O3/c1-8(2)6-15-12(17)7-14-10-5-9(13)3-4-11(10)16(18)19/h3-5,8,14H,6-7H2,1-2H3,(H,15,17). The third-order valence-electron chi connectivity index (χ3n) is 2.30. The first-order valence-electron chi connectivity index (χ1n) is 5.84. The summed E-state index contributed by atoms with van der Waals surface area (Å²) in [6.45, 7) is 4.50. The molecule has 0 fully saturated rings. The summed E-state index contributed by atoms with van der Waals surface area (Å²) in [7, 11) is 0. The topological polar surface area (TPSA) is 84.3 Å². The van der Waals surface area contributed by atoms with E-state index in [4.69, 9.17) is 11.6 Å². The predicted molar refractivity (Wildman–Crippen MR) is 74.4 cm³/mol. The van der Waals surface area contributed by atoms with Crippen molar-refractivity contribution in [3.8, 4) is 0 Å². The Morgan fingerprint density at radius 2 is 2.16 bits per heavy atom. The lowest BCUT2D eigenvalue weighted by Gasteiger charge is -2.09. The highest BCUT2D eigenvalue weighted by Gasteiger charge is 2.14. The van der Waals surface area contributed by atoms with Gasteiger partial charge in [-0.1, -0.05) is 25.4 Å². The predicted octanol–water partition coefficient (Wildman–Crippen LogP) is 2.43. The summed E-state index contributed by atoms with van der Waals surface area (Å²) in [5, 5.41) is 16.6. The molecule has 1 amide bonds. The van der Waals surface area contributed by atoms with Crippen LogP contribution < -0.4 is 10.6 Å². The molecule has 1 aromatic carbocycles. The monoisotopic (exact) mass is 285 g/mol. The number of amides is 1. The van der Waals surface area contributed by atoms with E-state index in [1.807, 2.05) is 13.8 Å². The van der Waals surface area contributed by atoms with Crippen LogP contribution in [0.4, 0.5) is 11.4 Å². The molecule has 0 radical (unpaired) electrons. The van der Waals surface area contributed by atoms with Crippen molar-refractivity contribution < 1.29 is 9.72 Å². The first-order chi connectivity index (χ1) is 8.90. The molecule has 104 valence electrons. The molecule has 0 aliphatic heterocycles. The lowest BCUT2D eigenvalue weighted by atomic mass is 10.2. The Morgan fingerprint density at radius 1 is 1.47 bits per heavy atom. The highest BCUT2D eigenvalue weighted by atomic mass is 35.5. The van der Waals surface area contributed by atoms with Gasteiger partial charge in [-0.25, -0.2) is 0 Å². The average molecular weight is 286 g/mol. The molecule has 6 nitrogen and oxygen atoms in total. The molecule has 0 saturated carbocycles. The van der Waals surface area contributed by atoms with Crippen LogP contribution in [0.25, 0.3) is 0 Å². The molecule has 0 spiro atoms. The van der Waals surface area contributed by atoms with E-state index in [9.17, 15) is 14.9 Å². The summed E-state index contributed by atoms with van der Waals surface area (Å²) in [5.74, 6) is 0.132. The zero-order valence-corrected chi connectivity index (χ0v) is 11.5. The second-order valence-electron chi connectivity index (χ2n) is 4.47. The number of anilines is 1. The van der Waals surface area contributed by atoms with Crippen molar-refractivity contribution in [2.45, 2.75) is 13.8 Å². The number of hydrogen-bond donors (Lipinski definition) is 2. The quantitative estimate of drug-likeness (QED) is 0.621. The van der Waals surface area contributed by atoms with E-state index < -0.39 is 4.92 Å². The van der Waals surface area contributed by atoms with E-state index in [1.54, 1.807) is 0 Å². The zero-order chi connectivity index (χ0) is 14.4. The molecule has 0 unspecified atom stereocenters. The van der Waals surface area contributed by atoms with E-state index in [1.165, 1.54) is 18.2 Å². The van der Waals surface area contributed by atoms with Crippen LogP contribution in [0.15, 0.2) is 18.2 Å². The SMILES string of the molecule is CC(C)CNC(=O)CNc1cc(Cl)ccc1[N+](=O)[O-]. The number of nitro groups is 1. The van der Waals surface area contributed by atoms with Gasteiger partial charge in [-0.05, 0) is 18.1 Å². The molecule has 0 atom stereocenters. The third-order valence-corrected chi connectivity index (χ3v) is 2.54. The minimum atomic E-state index is -0.523. The first kappa shape index (κ1) is 15.2. The van der Waals surface area contributed by atoms with Gasteiger partial charge in [0.05, 0.1) is 11.5 Å². The number of nitrogens with zero attached hydrogens (tertiary/aromatic N) is 1. The van der Waals surface area contributed by atoms with E-state index in [0.717, 1.165) is 0 Å². The van der Waals surface area contributed by atoms with Gasteiger partial charge in [0.1, 0.15) is 5.69 Å². The molecule has 1 rings (SSSR count). The fourth-order valence-corrected chi connectivity index (χ4v) is 1.54. The fourth-order valence-electron chi connectivity index (χ4n) is 1.37. The van der Waals surface area contributed by atoms with Crippen molar-refractivity contribution in [2.24, 2.45) is 5.92 Å². The molecule has 0 saturated heterocycles. The van der Waals surface area contributed by atoms with Crippen LogP contribution in [0.2, 0.25) is 5.02 Å². The summed E-state index contributed by atoms with van der Waals surface area (Å²) >= 11 is 5.78. The largest absolute Gasteiger partial charge is 0.371 e. The highest BCUT2D eigenvalue weighted by molar-refractivity contribution is 6.31. The Kier molecular flexibility index (Phi) is 5.57. The Morgan fingerprint density at radius 3 is 2.74 bits per heavy atom. The van der Waals surface area contributed by atoms with Crippen molar-refractivity contribution in [1.82, 2.24) is 5.32 Å². The third kappa shape index (κ3) is 5.13. The number of nitro benzene ring substituents is 1. The van der Waals surface area contributed by atoms with Gasteiger partial charge in [0, 0.05) is 17.6 Å². The van der Waals surface area contributed by atoms with Crippen molar-refractivity contribution in [3.63, 3.8) is 0 Å². The first-order valence-corrected chi connectivity index (χ1v) is 6.22. The summed E-state index contributed by atoms with van der Waals surface area (Å²) < 4.78 is 0. The van der Waals surface area contributed by atoms with Crippen LogP contribution in [0.5, 0.6) is 0 Å². The fraction of sp³-hybridized carbons (Fsp3) is 0.417. The molecule has 0 aromatic heterocycles. The molecule has 19 heavy (non-hydrogen) atoms. The molecule has 0 aliphatic carbocycles. The molecule has 0 aliphatic rings. The maximum atomic E-state index is 11.5. The normalized spacial score (nSPS) is 10.3. The van der Waals surface area contributed by atoms with E-state index >= 15 is 0 Å². The van der Waals surface area contributed by atoms with Crippen molar-refractivity contribution in [1.29, 1.82) is 0 Å². The van der Waals surface area contributed by atoms with Crippen LogP contribution in [-0.4, -0.2) is 23.9 Å². The second-order valence-corrected chi connectivity index (χ2v) is 4.91. The number of hydrogen-bond acceptors (Lipinski definition) is 4. The summed E-state index contributed by atoms with van der Waals surface area (Å²) in [6.07, 6.45) is 0. The average Bonchev–Trinajstić information content (AvgIpc) is 2.33. The summed E-state index contributed by atoms with van der Waals surface area (Å²) in [4.78, 5) is 21.8. The highest BCUT2D eigenvalue weighted by Crippen LogP contribution is 2.27. The van der Waals surface area contributed by atoms with Crippen LogP contribution in [0.3, 0.4) is 0 Å². The minimum absolute atomic E-state index is 0.0338. The van der Waals surface area contributed by atoms with E-state index in [-0.39, 0.29) is 23.8 Å². The summed E-state index contributed by atoms with van der Waals surface area (Å²) in [6, 6.07) is 4.16. The van der Waals surface area contributed by atoms with Gasteiger partial charge >= 0.3 is 0 Å². The van der Waals surface area contributed by atoms with E-state index in [0.29, 0.717) is 17.5 Å². The van der Waals surface area contributed by atoms with Gasteiger partial charge in [0.2, 0.25) is 5.91 Å². The molecule has 2 N–H and O–H groups in total. The Balaban J connectivity index is 2.64. The van der Waals surface area contributed by atoms with Crippen LogP contribution in [0.1, 0.15) is 13.8 Å². The number of halogens is 1. The Bertz CT molecular complexity index is 477. The number of benzene rings is 1. The molecule has 7 heteroatoms. The van der Waals surface area contributed by atoms with Gasteiger partial charge < -0.3 is 10.6 Å². The van der Waals surface area contributed by atoms with Crippen molar-refractivity contribution in [2.75, 3.05) is 18.4 Å². The van der Waals surface area contributed by atoms with Crippen LogP contribution in [-0.2, 0) is 4.79 Å². The van der Waals surface area contributed by atoms with Crippen LogP contribution >= 0.6 is 11.6 Å². The van der Waals surface area contributed by atoms with Gasteiger partial charge in [0.25, 0.3) is 5.69 Å². The van der Waals surface area contributed by atoms with Gasteiger partial charge in [-0.2, -0.15) is 0 Å². The number of rotatable bonds is 6. The van der Waals surface area contributed by atoms with Crippen molar-refractivity contribution in [3.05, 3.63) is 33.3 Å². The zero-order valence-electron chi connectivity index (χ0n) is 10.8. The van der Waals surface area contributed by atoms with Crippen LogP contribution in [0, 0.1) is 16.0 Å².